The molecule has 0 aliphatic carbocycles. The van der Waals surface area contributed by atoms with Crippen molar-refractivity contribution in [2.24, 2.45) is 0 Å². The van der Waals surface area contributed by atoms with E-state index in [4.69, 9.17) is 0 Å². The molecule has 9 aromatic carbocycles. The number of nitrogens with zero attached hydrogens (tertiary/aromatic N) is 2. The Hall–Kier alpha value is -6.72. The van der Waals surface area contributed by atoms with Gasteiger partial charge in [0.25, 0.3) is 0 Å². The average Bonchev–Trinajstić information content (AvgIpc) is 3.84. The van der Waals surface area contributed by atoms with Gasteiger partial charge >= 0.3 is 0 Å². The molecule has 11 aromatic rings. The maximum absolute atomic E-state index is 2.46. The molecule has 2 aromatic heterocycles. The largest absolute Gasteiger partial charge is 0.310 e. The van der Waals surface area contributed by atoms with Gasteiger partial charge in [-0.2, -0.15) is 0 Å². The van der Waals surface area contributed by atoms with E-state index in [-0.39, 0.29) is 0 Å². The van der Waals surface area contributed by atoms with Crippen molar-refractivity contribution >= 4 is 108 Å². The van der Waals surface area contributed by atoms with E-state index in [1.165, 1.54) is 84.7 Å². The molecule has 0 aliphatic heterocycles. The van der Waals surface area contributed by atoms with Crippen LogP contribution in [-0.4, -0.2) is 0 Å². The van der Waals surface area contributed by atoms with E-state index in [0.717, 1.165) is 22.7 Å². The molecule has 0 saturated carbocycles. The van der Waals surface area contributed by atoms with Gasteiger partial charge in [-0.3, -0.25) is 0 Å². The van der Waals surface area contributed by atoms with Crippen molar-refractivity contribution in [3.05, 3.63) is 205 Å². The fourth-order valence-electron chi connectivity index (χ4n) is 8.66. The first-order valence-electron chi connectivity index (χ1n) is 19.7. The zero-order valence-corrected chi connectivity index (χ0v) is 33.8. The molecule has 2 nitrogen and oxygen atoms in total. The second-order valence-corrected chi connectivity index (χ2v) is 17.2. The van der Waals surface area contributed by atoms with Crippen LogP contribution in [0.25, 0.3) is 62.2 Å². The molecule has 0 atom stereocenters. The van der Waals surface area contributed by atoms with Gasteiger partial charge in [-0.1, -0.05) is 121 Å². The first-order valence-corrected chi connectivity index (χ1v) is 21.4. The van der Waals surface area contributed by atoms with Gasteiger partial charge in [0, 0.05) is 63.1 Å². The maximum atomic E-state index is 2.46. The minimum absolute atomic E-state index is 1.12. The van der Waals surface area contributed by atoms with Crippen LogP contribution in [0.15, 0.2) is 194 Å². The summed E-state index contributed by atoms with van der Waals surface area (Å²) in [6, 6.07) is 71.4. The molecule has 0 radical (unpaired) electrons. The molecule has 0 saturated heterocycles. The van der Waals surface area contributed by atoms with Crippen LogP contribution in [0.2, 0.25) is 0 Å². The zero-order chi connectivity index (χ0) is 38.7. The van der Waals surface area contributed by atoms with Gasteiger partial charge in [-0.05, 0) is 120 Å². The highest BCUT2D eigenvalue weighted by Gasteiger charge is 2.23. The number of fused-ring (bicyclic) bond motifs is 8. The van der Waals surface area contributed by atoms with Crippen LogP contribution >= 0.6 is 22.7 Å². The summed E-state index contributed by atoms with van der Waals surface area (Å²) in [5.74, 6) is 0. The average molecular weight is 779 g/mol. The third kappa shape index (κ3) is 5.84. The first-order chi connectivity index (χ1) is 28.6. The molecule has 0 N–H and O–H groups in total. The summed E-state index contributed by atoms with van der Waals surface area (Å²) >= 11 is 3.76. The quantitative estimate of drug-likeness (QED) is 0.159. The van der Waals surface area contributed by atoms with Gasteiger partial charge in [0.1, 0.15) is 0 Å². The van der Waals surface area contributed by atoms with Crippen LogP contribution in [0.5, 0.6) is 0 Å². The van der Waals surface area contributed by atoms with Crippen molar-refractivity contribution in [1.82, 2.24) is 0 Å². The number of anilines is 6. The smallest absolute Gasteiger partial charge is 0.0561 e. The number of hydrogen-bond donors (Lipinski definition) is 0. The van der Waals surface area contributed by atoms with Crippen LogP contribution in [0, 0.1) is 13.8 Å². The van der Waals surface area contributed by atoms with Gasteiger partial charge in [0.05, 0.1) is 11.4 Å². The van der Waals surface area contributed by atoms with Gasteiger partial charge in [-0.15, -0.1) is 22.7 Å². The van der Waals surface area contributed by atoms with Gasteiger partial charge in [-0.25, -0.2) is 0 Å². The van der Waals surface area contributed by atoms with Crippen molar-refractivity contribution in [2.75, 3.05) is 9.80 Å². The lowest BCUT2D eigenvalue weighted by atomic mass is 10.0. The number of benzene rings is 9. The van der Waals surface area contributed by atoms with E-state index in [9.17, 15) is 0 Å². The number of thiophene rings is 2. The first kappa shape index (κ1) is 34.5. The molecule has 0 fully saturated rings. The minimum Gasteiger partial charge on any atom is -0.310 e. The Kier molecular flexibility index (Phi) is 8.35. The van der Waals surface area contributed by atoms with E-state index in [0.29, 0.717) is 0 Å². The predicted octanol–water partition coefficient (Wildman–Crippen LogP) is 16.8. The van der Waals surface area contributed by atoms with Crippen molar-refractivity contribution in [1.29, 1.82) is 0 Å². The van der Waals surface area contributed by atoms with E-state index < -0.39 is 0 Å². The third-order valence-electron chi connectivity index (χ3n) is 11.3. The topological polar surface area (TPSA) is 6.48 Å². The summed E-state index contributed by atoms with van der Waals surface area (Å²) in [6.07, 6.45) is 0. The summed E-state index contributed by atoms with van der Waals surface area (Å²) in [4.78, 5) is 4.92. The maximum Gasteiger partial charge on any atom is 0.0561 e. The van der Waals surface area contributed by atoms with Crippen LogP contribution in [0.3, 0.4) is 0 Å². The third-order valence-corrected chi connectivity index (χ3v) is 13.6. The van der Waals surface area contributed by atoms with Crippen molar-refractivity contribution in [3.63, 3.8) is 0 Å². The Morgan fingerprint density at radius 2 is 0.931 bits per heavy atom. The molecule has 0 spiro atoms. The fraction of sp³-hybridized carbons (Fsp3) is 0.0370. The lowest BCUT2D eigenvalue weighted by Crippen LogP contribution is -2.11. The van der Waals surface area contributed by atoms with Gasteiger partial charge in [0.15, 0.2) is 0 Å². The van der Waals surface area contributed by atoms with Gasteiger partial charge in [0.2, 0.25) is 0 Å². The lowest BCUT2D eigenvalue weighted by Gasteiger charge is -2.28. The lowest BCUT2D eigenvalue weighted by molar-refractivity contribution is 1.28. The van der Waals surface area contributed by atoms with Crippen LogP contribution < -0.4 is 9.80 Å². The predicted molar refractivity (Wildman–Crippen MR) is 254 cm³/mol. The van der Waals surface area contributed by atoms with Crippen LogP contribution in [0.4, 0.5) is 34.1 Å². The van der Waals surface area contributed by atoms with Crippen molar-refractivity contribution < 1.29 is 0 Å². The van der Waals surface area contributed by atoms with E-state index >= 15 is 0 Å². The Morgan fingerprint density at radius 3 is 1.69 bits per heavy atom. The SMILES string of the molecule is Cc1cccc(N(c2cccc(C)c2)c2cc3ccccc3c3sc4cc(N(c5ccc(-c6ccccc6)cc5)c5cccc6sc7ccccc7c56)ccc4c23)c1. The number of hydrogen-bond acceptors (Lipinski definition) is 4. The molecule has 0 amide bonds. The molecule has 0 unspecified atom stereocenters. The molecule has 2 heterocycles. The van der Waals surface area contributed by atoms with E-state index in [1.807, 2.05) is 22.7 Å². The Morgan fingerprint density at radius 1 is 0.345 bits per heavy atom. The summed E-state index contributed by atoms with van der Waals surface area (Å²) in [7, 11) is 0. The second kappa shape index (κ2) is 14.0. The zero-order valence-electron chi connectivity index (χ0n) is 32.2. The standard InChI is InChI=1S/C54H38N2S2/c1-35-13-10-18-41(31-35)56(42-19-11-14-36(2)32-42)48-33-39-17-6-7-20-44(39)54-53(48)46-30-29-43(34-51(46)58-54)55(40-27-25-38(26-28-40)37-15-4-3-5-16-37)47-22-12-24-50-52(47)45-21-8-9-23-49(45)57-50/h3-34H,1-2H3. The molecule has 58 heavy (non-hydrogen) atoms. The Labute approximate surface area is 346 Å². The van der Waals surface area contributed by atoms with Crippen molar-refractivity contribution in [2.45, 2.75) is 13.8 Å². The summed E-state index contributed by atoms with van der Waals surface area (Å²) in [5.41, 5.74) is 11.8. The second-order valence-electron chi connectivity index (χ2n) is 15.1. The normalized spacial score (nSPS) is 11.6. The summed E-state index contributed by atoms with van der Waals surface area (Å²) < 4.78 is 5.15. The molecule has 4 heteroatoms. The molecule has 11 rings (SSSR count). The molecular formula is C54H38N2S2. The molecular weight excluding hydrogens is 741 g/mol. The molecule has 276 valence electrons. The van der Waals surface area contributed by atoms with Crippen LogP contribution in [0.1, 0.15) is 11.1 Å². The van der Waals surface area contributed by atoms with Crippen molar-refractivity contribution in [3.8, 4) is 11.1 Å². The highest BCUT2D eigenvalue weighted by Crippen LogP contribution is 2.51. The Balaban J connectivity index is 1.16. The minimum atomic E-state index is 1.12. The number of aryl methyl sites for hydroxylation is 2. The van der Waals surface area contributed by atoms with Gasteiger partial charge < -0.3 is 9.80 Å². The van der Waals surface area contributed by atoms with E-state index in [2.05, 4.69) is 218 Å². The molecule has 0 bridgehead atoms. The highest BCUT2D eigenvalue weighted by molar-refractivity contribution is 7.27. The summed E-state index contributed by atoms with van der Waals surface area (Å²) in [5, 5.41) is 7.62. The highest BCUT2D eigenvalue weighted by atomic mass is 32.1. The molecule has 0 aliphatic rings. The van der Waals surface area contributed by atoms with E-state index in [1.54, 1.807) is 0 Å². The summed E-state index contributed by atoms with van der Waals surface area (Å²) in [6.45, 7) is 4.35. The van der Waals surface area contributed by atoms with Crippen LogP contribution in [-0.2, 0) is 0 Å². The fourth-order valence-corrected chi connectivity index (χ4v) is 11.1. The Bertz CT molecular complexity index is 3280. The monoisotopic (exact) mass is 778 g/mol. The number of rotatable bonds is 7.